The average Bonchev–Trinajstić information content (AvgIpc) is 3.22. The number of carbonyl (C=O) groups excluding carboxylic acids is 1. The van der Waals surface area contributed by atoms with Gasteiger partial charge in [-0.15, -0.1) is 11.3 Å². The molecule has 0 bridgehead atoms. The van der Waals surface area contributed by atoms with Crippen LogP contribution in [0.2, 0.25) is 0 Å². The van der Waals surface area contributed by atoms with Crippen molar-refractivity contribution in [1.82, 2.24) is 19.9 Å². The number of carbonyl (C=O) groups is 1. The summed E-state index contributed by atoms with van der Waals surface area (Å²) in [6.45, 7) is 0. The first-order valence-electron chi connectivity index (χ1n) is 6.72. The molecule has 1 amide bonds. The standard InChI is InChI=1S/C16H14N4OS/c1-17-16(21)13-11-19-15(22-13)8-7-14-18-9-10-20(14)12-5-3-2-4-6-12/h2-11H,1H3,(H,17,21). The van der Waals surface area contributed by atoms with Gasteiger partial charge in [-0.3, -0.25) is 4.79 Å². The Kier molecular flexibility index (Phi) is 4.11. The van der Waals surface area contributed by atoms with E-state index >= 15 is 0 Å². The van der Waals surface area contributed by atoms with Crippen LogP contribution in [0.1, 0.15) is 20.5 Å². The molecule has 0 saturated heterocycles. The first kappa shape index (κ1) is 14.2. The molecule has 5 nitrogen and oxygen atoms in total. The van der Waals surface area contributed by atoms with Crippen molar-refractivity contribution in [2.75, 3.05) is 7.05 Å². The lowest BCUT2D eigenvalue weighted by Crippen LogP contribution is -2.16. The van der Waals surface area contributed by atoms with Crippen LogP contribution in [-0.4, -0.2) is 27.5 Å². The third-order valence-electron chi connectivity index (χ3n) is 3.05. The van der Waals surface area contributed by atoms with Crippen molar-refractivity contribution in [3.05, 3.63) is 64.6 Å². The zero-order valence-corrected chi connectivity index (χ0v) is 12.7. The fourth-order valence-corrected chi connectivity index (χ4v) is 2.75. The van der Waals surface area contributed by atoms with Crippen molar-refractivity contribution in [2.24, 2.45) is 0 Å². The Labute approximate surface area is 132 Å². The number of rotatable bonds is 4. The second kappa shape index (κ2) is 6.36. The van der Waals surface area contributed by atoms with Crippen molar-refractivity contribution in [2.45, 2.75) is 0 Å². The highest BCUT2D eigenvalue weighted by molar-refractivity contribution is 7.14. The van der Waals surface area contributed by atoms with E-state index in [9.17, 15) is 4.79 Å². The van der Waals surface area contributed by atoms with Crippen molar-refractivity contribution in [3.63, 3.8) is 0 Å². The summed E-state index contributed by atoms with van der Waals surface area (Å²) in [6.07, 6.45) is 8.99. The van der Waals surface area contributed by atoms with Gasteiger partial charge in [0.1, 0.15) is 15.7 Å². The van der Waals surface area contributed by atoms with Gasteiger partial charge in [-0.1, -0.05) is 18.2 Å². The third-order valence-corrected chi connectivity index (χ3v) is 4.01. The van der Waals surface area contributed by atoms with E-state index < -0.39 is 0 Å². The summed E-state index contributed by atoms with van der Waals surface area (Å²) in [5.41, 5.74) is 1.05. The molecule has 0 aliphatic carbocycles. The number of thiazole rings is 1. The molecule has 1 aromatic carbocycles. The molecule has 0 atom stereocenters. The summed E-state index contributed by atoms with van der Waals surface area (Å²) < 4.78 is 1.99. The lowest BCUT2D eigenvalue weighted by Gasteiger charge is -2.03. The zero-order valence-electron chi connectivity index (χ0n) is 11.9. The molecule has 0 fully saturated rings. The minimum atomic E-state index is -0.122. The maximum absolute atomic E-state index is 11.5. The van der Waals surface area contributed by atoms with Crippen LogP contribution < -0.4 is 5.32 Å². The number of benzene rings is 1. The lowest BCUT2D eigenvalue weighted by molar-refractivity contribution is 0.0967. The second-order valence-corrected chi connectivity index (χ2v) is 5.53. The van der Waals surface area contributed by atoms with Crippen LogP contribution in [0.4, 0.5) is 0 Å². The van der Waals surface area contributed by atoms with E-state index in [1.807, 2.05) is 53.2 Å². The van der Waals surface area contributed by atoms with Crippen molar-refractivity contribution in [3.8, 4) is 5.69 Å². The van der Waals surface area contributed by atoms with Crippen LogP contribution in [0.15, 0.2) is 48.9 Å². The molecular formula is C16H14N4OS. The van der Waals surface area contributed by atoms with Crippen LogP contribution in [0.3, 0.4) is 0 Å². The Morgan fingerprint density at radius 1 is 1.23 bits per heavy atom. The molecule has 2 heterocycles. The summed E-state index contributed by atoms with van der Waals surface area (Å²) in [5, 5.41) is 3.35. The molecule has 0 aliphatic heterocycles. The quantitative estimate of drug-likeness (QED) is 0.806. The van der Waals surface area contributed by atoms with E-state index in [1.165, 1.54) is 11.3 Å². The average molecular weight is 310 g/mol. The highest BCUT2D eigenvalue weighted by atomic mass is 32.1. The normalized spacial score (nSPS) is 11.0. The number of hydrogen-bond donors (Lipinski definition) is 1. The van der Waals surface area contributed by atoms with E-state index in [4.69, 9.17) is 0 Å². The van der Waals surface area contributed by atoms with Gasteiger partial charge >= 0.3 is 0 Å². The molecule has 1 N–H and O–H groups in total. The Morgan fingerprint density at radius 3 is 2.82 bits per heavy atom. The molecule has 0 unspecified atom stereocenters. The first-order chi connectivity index (χ1) is 10.8. The monoisotopic (exact) mass is 310 g/mol. The third kappa shape index (κ3) is 2.96. The van der Waals surface area contributed by atoms with E-state index in [1.54, 1.807) is 19.4 Å². The van der Waals surface area contributed by atoms with Gasteiger partial charge in [-0.25, -0.2) is 9.97 Å². The maximum Gasteiger partial charge on any atom is 0.262 e. The van der Waals surface area contributed by atoms with Gasteiger partial charge in [-0.2, -0.15) is 0 Å². The van der Waals surface area contributed by atoms with Crippen LogP contribution in [0.25, 0.3) is 17.8 Å². The van der Waals surface area contributed by atoms with Gasteiger partial charge < -0.3 is 9.88 Å². The molecule has 22 heavy (non-hydrogen) atoms. The van der Waals surface area contributed by atoms with Gasteiger partial charge in [0.15, 0.2) is 0 Å². The van der Waals surface area contributed by atoms with E-state index in [-0.39, 0.29) is 5.91 Å². The van der Waals surface area contributed by atoms with Gasteiger partial charge in [-0.05, 0) is 24.3 Å². The molecule has 0 spiro atoms. The fourth-order valence-electron chi connectivity index (χ4n) is 1.98. The SMILES string of the molecule is CNC(=O)c1cnc(C=Cc2nccn2-c2ccccc2)s1. The number of para-hydroxylation sites is 1. The molecular weight excluding hydrogens is 296 g/mol. The molecule has 0 aliphatic rings. The Bertz CT molecular complexity index is 804. The Morgan fingerprint density at radius 2 is 2.05 bits per heavy atom. The first-order valence-corrected chi connectivity index (χ1v) is 7.54. The summed E-state index contributed by atoms with van der Waals surface area (Å²) >= 11 is 1.34. The van der Waals surface area contributed by atoms with Crippen molar-refractivity contribution >= 4 is 29.4 Å². The molecule has 3 rings (SSSR count). The lowest BCUT2D eigenvalue weighted by atomic mass is 10.3. The summed E-state index contributed by atoms with van der Waals surface area (Å²) in [7, 11) is 1.61. The highest BCUT2D eigenvalue weighted by Gasteiger charge is 2.07. The summed E-state index contributed by atoms with van der Waals surface area (Å²) in [5.74, 6) is 0.686. The minimum Gasteiger partial charge on any atom is -0.354 e. The van der Waals surface area contributed by atoms with Crippen molar-refractivity contribution < 1.29 is 4.79 Å². The smallest absolute Gasteiger partial charge is 0.262 e. The number of nitrogens with zero attached hydrogens (tertiary/aromatic N) is 3. The topological polar surface area (TPSA) is 59.8 Å². The number of amides is 1. The van der Waals surface area contributed by atoms with E-state index in [2.05, 4.69) is 15.3 Å². The van der Waals surface area contributed by atoms with Crippen LogP contribution in [-0.2, 0) is 0 Å². The molecule has 2 aromatic heterocycles. The predicted octanol–water partition coefficient (Wildman–Crippen LogP) is 2.86. The number of nitrogens with one attached hydrogen (secondary N) is 1. The number of imidazole rings is 1. The number of aromatic nitrogens is 3. The number of hydrogen-bond acceptors (Lipinski definition) is 4. The van der Waals surface area contributed by atoms with Gasteiger partial charge in [0.2, 0.25) is 0 Å². The molecule has 0 radical (unpaired) electrons. The Hall–Kier alpha value is -2.73. The maximum atomic E-state index is 11.5. The van der Waals surface area contributed by atoms with Crippen LogP contribution >= 0.6 is 11.3 Å². The molecule has 0 saturated carbocycles. The molecule has 3 aromatic rings. The summed E-state index contributed by atoms with van der Waals surface area (Å²) in [6, 6.07) is 9.99. The highest BCUT2D eigenvalue weighted by Crippen LogP contribution is 2.17. The van der Waals surface area contributed by atoms with E-state index in [0.29, 0.717) is 4.88 Å². The van der Waals surface area contributed by atoms with Gasteiger partial charge in [0, 0.05) is 25.1 Å². The zero-order chi connectivity index (χ0) is 15.4. The largest absolute Gasteiger partial charge is 0.354 e. The van der Waals surface area contributed by atoms with Crippen LogP contribution in [0.5, 0.6) is 0 Å². The summed E-state index contributed by atoms with van der Waals surface area (Å²) in [4.78, 5) is 20.7. The van der Waals surface area contributed by atoms with Crippen LogP contribution in [0, 0.1) is 0 Å². The van der Waals surface area contributed by atoms with Gasteiger partial charge in [0.05, 0.1) is 6.20 Å². The van der Waals surface area contributed by atoms with Crippen molar-refractivity contribution in [1.29, 1.82) is 0 Å². The van der Waals surface area contributed by atoms with Gasteiger partial charge in [0.25, 0.3) is 5.91 Å². The Balaban J connectivity index is 1.84. The minimum absolute atomic E-state index is 0.122. The predicted molar refractivity (Wildman–Crippen MR) is 88.0 cm³/mol. The molecule has 6 heteroatoms. The molecule has 110 valence electrons. The van der Waals surface area contributed by atoms with E-state index in [0.717, 1.165) is 16.5 Å². The second-order valence-electron chi connectivity index (χ2n) is 4.47. The fraction of sp³-hybridized carbons (Fsp3) is 0.0625.